The molecule has 0 saturated carbocycles. The Kier molecular flexibility index (Phi) is 4.89. The van der Waals surface area contributed by atoms with Crippen molar-refractivity contribution in [2.24, 2.45) is 5.73 Å². The van der Waals surface area contributed by atoms with Crippen LogP contribution in [0.1, 0.15) is 11.1 Å². The monoisotopic (exact) mass is 294 g/mol. The van der Waals surface area contributed by atoms with E-state index in [-0.39, 0.29) is 5.75 Å². The van der Waals surface area contributed by atoms with E-state index in [1.165, 1.54) is 0 Å². The Labute approximate surface area is 118 Å². The molecule has 0 spiro atoms. The maximum Gasteiger partial charge on any atom is 0.215 e. The van der Waals surface area contributed by atoms with Gasteiger partial charge in [0.15, 0.2) is 0 Å². The van der Waals surface area contributed by atoms with Crippen LogP contribution in [0.25, 0.3) is 0 Å². The van der Waals surface area contributed by atoms with Crippen molar-refractivity contribution in [1.29, 1.82) is 0 Å². The van der Waals surface area contributed by atoms with Gasteiger partial charge < -0.3 is 10.3 Å². The second kappa shape index (κ2) is 6.65. The average Bonchev–Trinajstić information content (AvgIpc) is 2.92. The van der Waals surface area contributed by atoms with Crippen molar-refractivity contribution in [3.63, 3.8) is 0 Å². The van der Waals surface area contributed by atoms with Gasteiger partial charge in [0.1, 0.15) is 0 Å². The van der Waals surface area contributed by atoms with Gasteiger partial charge in [-0.1, -0.05) is 24.3 Å². The number of benzene rings is 1. The molecule has 0 aliphatic heterocycles. The quantitative estimate of drug-likeness (QED) is 0.776. The summed E-state index contributed by atoms with van der Waals surface area (Å²) >= 11 is 0. The Bertz CT molecular complexity index is 621. The van der Waals surface area contributed by atoms with Crippen LogP contribution in [0.15, 0.2) is 43.0 Å². The molecule has 0 aliphatic rings. The molecule has 1 aromatic carbocycles. The summed E-state index contributed by atoms with van der Waals surface area (Å²) in [6.45, 7) is 1.36. The molecule has 0 saturated heterocycles. The summed E-state index contributed by atoms with van der Waals surface area (Å²) in [6, 6.07) is 7.27. The van der Waals surface area contributed by atoms with Crippen LogP contribution in [0.5, 0.6) is 0 Å². The normalized spacial score (nSPS) is 11.7. The second-order valence-corrected chi connectivity index (χ2v) is 6.28. The topological polar surface area (TPSA) is 90.0 Å². The summed E-state index contributed by atoms with van der Waals surface area (Å²) in [5.74, 6) is -0.0260. The Morgan fingerprint density at radius 3 is 2.50 bits per heavy atom. The predicted octanol–water partition coefficient (Wildman–Crippen LogP) is 0.461. The molecule has 7 heteroatoms. The predicted molar refractivity (Wildman–Crippen MR) is 77.2 cm³/mol. The first-order chi connectivity index (χ1) is 9.59. The third-order valence-corrected chi connectivity index (χ3v) is 4.22. The van der Waals surface area contributed by atoms with Gasteiger partial charge >= 0.3 is 0 Å². The summed E-state index contributed by atoms with van der Waals surface area (Å²) in [5.41, 5.74) is 7.23. The first-order valence-electron chi connectivity index (χ1n) is 6.30. The molecule has 0 atom stereocenters. The number of aromatic nitrogens is 2. The molecule has 20 heavy (non-hydrogen) atoms. The molecule has 1 heterocycles. The fourth-order valence-electron chi connectivity index (χ4n) is 1.79. The first kappa shape index (κ1) is 14.7. The van der Waals surface area contributed by atoms with E-state index in [1.54, 1.807) is 30.9 Å². The lowest BCUT2D eigenvalue weighted by Crippen LogP contribution is -2.28. The van der Waals surface area contributed by atoms with Gasteiger partial charge in [0.05, 0.1) is 12.1 Å². The van der Waals surface area contributed by atoms with Crippen LogP contribution in [0.3, 0.4) is 0 Å². The van der Waals surface area contributed by atoms with Gasteiger partial charge in [-0.15, -0.1) is 0 Å². The van der Waals surface area contributed by atoms with Crippen molar-refractivity contribution in [1.82, 2.24) is 14.3 Å². The fraction of sp³-hybridized carbons (Fsp3) is 0.308. The van der Waals surface area contributed by atoms with Crippen molar-refractivity contribution in [3.8, 4) is 0 Å². The minimum Gasteiger partial charge on any atom is -0.336 e. The lowest BCUT2D eigenvalue weighted by molar-refractivity contribution is 0.572. The minimum absolute atomic E-state index is 0.0260. The first-order valence-corrected chi connectivity index (χ1v) is 7.95. The van der Waals surface area contributed by atoms with Gasteiger partial charge in [-0.05, 0) is 11.1 Å². The highest BCUT2D eigenvalue weighted by Crippen LogP contribution is 2.07. The maximum absolute atomic E-state index is 11.9. The van der Waals surface area contributed by atoms with Gasteiger partial charge in [0.25, 0.3) is 0 Å². The van der Waals surface area contributed by atoms with Crippen LogP contribution >= 0.6 is 0 Å². The van der Waals surface area contributed by atoms with E-state index in [4.69, 9.17) is 5.73 Å². The fourth-order valence-corrected chi connectivity index (χ4v) is 2.93. The van der Waals surface area contributed by atoms with Crippen molar-refractivity contribution < 1.29 is 8.42 Å². The van der Waals surface area contributed by atoms with Crippen LogP contribution in [-0.4, -0.2) is 24.5 Å². The number of rotatable bonds is 7. The highest BCUT2D eigenvalue weighted by molar-refractivity contribution is 7.88. The van der Waals surface area contributed by atoms with Crippen molar-refractivity contribution in [3.05, 3.63) is 54.1 Å². The molecule has 108 valence electrons. The van der Waals surface area contributed by atoms with E-state index in [1.807, 2.05) is 16.7 Å². The Morgan fingerprint density at radius 1 is 1.20 bits per heavy atom. The molecule has 6 nitrogen and oxygen atoms in total. The van der Waals surface area contributed by atoms with Gasteiger partial charge in [-0.2, -0.15) is 0 Å². The van der Waals surface area contributed by atoms with Gasteiger partial charge in [-0.3, -0.25) is 0 Å². The van der Waals surface area contributed by atoms with Gasteiger partial charge in [-0.25, -0.2) is 18.1 Å². The molecule has 3 N–H and O–H groups in total. The van der Waals surface area contributed by atoms with Crippen LogP contribution in [-0.2, 0) is 28.9 Å². The van der Waals surface area contributed by atoms with E-state index in [2.05, 4.69) is 9.71 Å². The van der Waals surface area contributed by atoms with Crippen molar-refractivity contribution in [2.45, 2.75) is 18.8 Å². The lowest BCUT2D eigenvalue weighted by Gasteiger charge is -2.07. The number of sulfonamides is 1. The number of hydrogen-bond acceptors (Lipinski definition) is 4. The summed E-state index contributed by atoms with van der Waals surface area (Å²) < 4.78 is 28.2. The molecule has 0 radical (unpaired) electrons. The van der Waals surface area contributed by atoms with Crippen molar-refractivity contribution in [2.75, 3.05) is 6.54 Å². The smallest absolute Gasteiger partial charge is 0.215 e. The standard InChI is InChI=1S/C13H18N4O2S/c14-9-12-1-3-13(4-2-12)10-20(18,19)16-6-8-17-7-5-15-11-17/h1-5,7,11,16H,6,8-10,14H2. The second-order valence-electron chi connectivity index (χ2n) is 4.47. The van der Waals surface area contributed by atoms with E-state index in [9.17, 15) is 8.42 Å². The molecular weight excluding hydrogens is 276 g/mol. The van der Waals surface area contributed by atoms with E-state index < -0.39 is 10.0 Å². The lowest BCUT2D eigenvalue weighted by atomic mass is 10.1. The third-order valence-electron chi connectivity index (χ3n) is 2.87. The Morgan fingerprint density at radius 2 is 1.90 bits per heavy atom. The van der Waals surface area contributed by atoms with Crippen LogP contribution in [0, 0.1) is 0 Å². The molecule has 0 bridgehead atoms. The van der Waals surface area contributed by atoms with Crippen LogP contribution in [0.2, 0.25) is 0 Å². The zero-order valence-corrected chi connectivity index (χ0v) is 11.9. The number of hydrogen-bond donors (Lipinski definition) is 2. The highest BCUT2D eigenvalue weighted by Gasteiger charge is 2.10. The van der Waals surface area contributed by atoms with Crippen LogP contribution < -0.4 is 10.5 Å². The largest absolute Gasteiger partial charge is 0.336 e. The van der Waals surface area contributed by atoms with Gasteiger partial charge in [0.2, 0.25) is 10.0 Å². The maximum atomic E-state index is 11.9. The van der Waals surface area contributed by atoms with Crippen LogP contribution in [0.4, 0.5) is 0 Å². The Hall–Kier alpha value is -1.70. The summed E-state index contributed by atoms with van der Waals surface area (Å²) in [5, 5.41) is 0. The summed E-state index contributed by atoms with van der Waals surface area (Å²) in [6.07, 6.45) is 5.10. The van der Waals surface area contributed by atoms with Crippen molar-refractivity contribution >= 4 is 10.0 Å². The minimum atomic E-state index is -3.32. The third kappa shape index (κ3) is 4.44. The summed E-state index contributed by atoms with van der Waals surface area (Å²) in [4.78, 5) is 3.90. The SMILES string of the molecule is NCc1ccc(CS(=O)(=O)NCCn2ccnc2)cc1. The number of nitrogens with one attached hydrogen (secondary N) is 1. The van der Waals surface area contributed by atoms with E-state index in [0.29, 0.717) is 19.6 Å². The van der Waals surface area contributed by atoms with E-state index in [0.717, 1.165) is 11.1 Å². The number of nitrogens with zero attached hydrogens (tertiary/aromatic N) is 2. The molecule has 0 amide bonds. The number of imidazole rings is 1. The zero-order chi connectivity index (χ0) is 14.4. The van der Waals surface area contributed by atoms with E-state index >= 15 is 0 Å². The number of nitrogens with two attached hydrogens (primary N) is 1. The molecule has 2 rings (SSSR count). The molecule has 2 aromatic rings. The Balaban J connectivity index is 1.86. The molecule has 0 fully saturated rings. The molecule has 1 aromatic heterocycles. The molecule has 0 aliphatic carbocycles. The zero-order valence-electron chi connectivity index (χ0n) is 11.1. The summed E-state index contributed by atoms with van der Waals surface area (Å²) in [7, 11) is -3.32. The van der Waals surface area contributed by atoms with Gasteiger partial charge in [0, 0.05) is 32.0 Å². The molecule has 0 unspecified atom stereocenters. The highest BCUT2D eigenvalue weighted by atomic mass is 32.2. The molecular formula is C13H18N4O2S. The average molecular weight is 294 g/mol.